The van der Waals surface area contributed by atoms with Gasteiger partial charge in [-0.15, -0.1) is 0 Å². The van der Waals surface area contributed by atoms with Gasteiger partial charge in [-0.2, -0.15) is 0 Å². The predicted octanol–water partition coefficient (Wildman–Crippen LogP) is 6.00. The van der Waals surface area contributed by atoms with Crippen molar-refractivity contribution in [2.45, 2.75) is 13.2 Å². The van der Waals surface area contributed by atoms with E-state index in [0.717, 1.165) is 21.3 Å². The molecule has 7 heteroatoms. The quantitative estimate of drug-likeness (QED) is 0.417. The SMILES string of the molecule is COc1cc(CNc2ccc(C(=O)O)cc2)cc(Br)c1OCc1ccccc1Cl. The lowest BCUT2D eigenvalue weighted by Crippen LogP contribution is -2.03. The van der Waals surface area contributed by atoms with Gasteiger partial charge in [0.15, 0.2) is 11.5 Å². The van der Waals surface area contributed by atoms with Crippen molar-refractivity contribution in [3.05, 3.63) is 86.8 Å². The Labute approximate surface area is 182 Å². The van der Waals surface area contributed by atoms with E-state index in [4.69, 9.17) is 26.2 Å². The topological polar surface area (TPSA) is 67.8 Å². The van der Waals surface area contributed by atoms with Crippen LogP contribution in [0, 0.1) is 0 Å². The molecule has 0 saturated carbocycles. The average Bonchev–Trinajstić information content (AvgIpc) is 2.72. The zero-order chi connectivity index (χ0) is 20.8. The van der Waals surface area contributed by atoms with Crippen LogP contribution in [0.1, 0.15) is 21.5 Å². The summed E-state index contributed by atoms with van der Waals surface area (Å²) in [4.78, 5) is 10.9. The Kier molecular flexibility index (Phi) is 7.01. The van der Waals surface area contributed by atoms with Crippen molar-refractivity contribution in [2.75, 3.05) is 12.4 Å². The third-order valence-electron chi connectivity index (χ3n) is 4.25. The largest absolute Gasteiger partial charge is 0.493 e. The van der Waals surface area contributed by atoms with Gasteiger partial charge in [-0.3, -0.25) is 0 Å². The van der Waals surface area contributed by atoms with Crippen molar-refractivity contribution in [3.8, 4) is 11.5 Å². The molecule has 29 heavy (non-hydrogen) atoms. The van der Waals surface area contributed by atoms with E-state index in [2.05, 4.69) is 21.2 Å². The second kappa shape index (κ2) is 9.67. The number of methoxy groups -OCH3 is 1. The van der Waals surface area contributed by atoms with Crippen molar-refractivity contribution < 1.29 is 19.4 Å². The van der Waals surface area contributed by atoms with Crippen LogP contribution in [0.2, 0.25) is 5.02 Å². The summed E-state index contributed by atoms with van der Waals surface area (Å²) in [7, 11) is 1.59. The first-order valence-electron chi connectivity index (χ1n) is 8.77. The fourth-order valence-electron chi connectivity index (χ4n) is 2.72. The van der Waals surface area contributed by atoms with E-state index >= 15 is 0 Å². The molecule has 5 nitrogen and oxygen atoms in total. The lowest BCUT2D eigenvalue weighted by atomic mass is 10.1. The molecule has 0 amide bonds. The van der Waals surface area contributed by atoms with Crippen molar-refractivity contribution in [1.82, 2.24) is 0 Å². The molecule has 0 fully saturated rings. The van der Waals surface area contributed by atoms with Crippen LogP contribution in [0.4, 0.5) is 5.69 Å². The molecule has 3 aromatic carbocycles. The molecule has 0 atom stereocenters. The Hall–Kier alpha value is -2.70. The smallest absolute Gasteiger partial charge is 0.335 e. The minimum absolute atomic E-state index is 0.250. The number of hydrogen-bond acceptors (Lipinski definition) is 4. The van der Waals surface area contributed by atoms with Crippen molar-refractivity contribution in [1.29, 1.82) is 0 Å². The second-order valence-electron chi connectivity index (χ2n) is 6.23. The molecule has 0 aliphatic rings. The van der Waals surface area contributed by atoms with Gasteiger partial charge >= 0.3 is 5.97 Å². The van der Waals surface area contributed by atoms with Gasteiger partial charge in [-0.05, 0) is 64.0 Å². The Morgan fingerprint density at radius 2 is 1.86 bits per heavy atom. The molecular formula is C22H19BrClNO4. The number of aromatic carboxylic acids is 1. The zero-order valence-corrected chi connectivity index (χ0v) is 18.0. The summed E-state index contributed by atoms with van der Waals surface area (Å²) in [5.74, 6) is 0.254. The molecule has 3 rings (SSSR count). The number of benzene rings is 3. The molecule has 0 spiro atoms. The van der Waals surface area contributed by atoms with Crippen molar-refractivity contribution in [3.63, 3.8) is 0 Å². The predicted molar refractivity (Wildman–Crippen MR) is 117 cm³/mol. The Morgan fingerprint density at radius 1 is 1.14 bits per heavy atom. The first-order chi connectivity index (χ1) is 14.0. The number of anilines is 1. The van der Waals surface area contributed by atoms with Crippen LogP contribution in [0.5, 0.6) is 11.5 Å². The molecule has 0 aliphatic carbocycles. The van der Waals surface area contributed by atoms with Crippen molar-refractivity contribution >= 4 is 39.2 Å². The fourth-order valence-corrected chi connectivity index (χ4v) is 3.51. The standard InChI is InChI=1S/C22H19BrClNO4/c1-28-20-11-14(12-25-17-8-6-15(7-9-17)22(26)27)10-18(23)21(20)29-13-16-4-2-3-5-19(16)24/h2-11,25H,12-13H2,1H3,(H,26,27). The summed E-state index contributed by atoms with van der Waals surface area (Å²) in [5.41, 5.74) is 2.93. The maximum Gasteiger partial charge on any atom is 0.335 e. The molecular weight excluding hydrogens is 458 g/mol. The summed E-state index contributed by atoms with van der Waals surface area (Å²) in [6.45, 7) is 0.855. The van der Waals surface area contributed by atoms with E-state index in [1.54, 1.807) is 31.4 Å². The monoisotopic (exact) mass is 475 g/mol. The summed E-state index contributed by atoms with van der Waals surface area (Å²) in [6, 6.07) is 18.0. The molecule has 0 unspecified atom stereocenters. The van der Waals surface area contributed by atoms with Gasteiger partial charge in [-0.25, -0.2) is 4.79 Å². The highest BCUT2D eigenvalue weighted by Crippen LogP contribution is 2.37. The van der Waals surface area contributed by atoms with E-state index in [1.165, 1.54) is 0 Å². The van der Waals surface area contributed by atoms with Gasteiger partial charge in [0.2, 0.25) is 0 Å². The summed E-state index contributed by atoms with van der Waals surface area (Å²) in [5, 5.41) is 12.9. The van der Waals surface area contributed by atoms with Crippen LogP contribution < -0.4 is 14.8 Å². The molecule has 150 valence electrons. The van der Waals surface area contributed by atoms with E-state index in [9.17, 15) is 4.79 Å². The van der Waals surface area contributed by atoms with Crippen LogP contribution in [-0.4, -0.2) is 18.2 Å². The van der Waals surface area contributed by atoms with E-state index in [0.29, 0.717) is 29.7 Å². The highest BCUT2D eigenvalue weighted by Gasteiger charge is 2.13. The summed E-state index contributed by atoms with van der Waals surface area (Å²) >= 11 is 9.74. The Bertz CT molecular complexity index is 1010. The maximum atomic E-state index is 10.9. The number of hydrogen-bond donors (Lipinski definition) is 2. The molecule has 2 N–H and O–H groups in total. The zero-order valence-electron chi connectivity index (χ0n) is 15.6. The number of halogens is 2. The highest BCUT2D eigenvalue weighted by atomic mass is 79.9. The van der Waals surface area contributed by atoms with Crippen molar-refractivity contribution in [2.24, 2.45) is 0 Å². The fraction of sp³-hybridized carbons (Fsp3) is 0.136. The lowest BCUT2D eigenvalue weighted by molar-refractivity contribution is 0.0697. The van der Waals surface area contributed by atoms with Gasteiger partial charge in [0.05, 0.1) is 17.1 Å². The number of rotatable bonds is 8. The number of nitrogens with one attached hydrogen (secondary N) is 1. The molecule has 0 bridgehead atoms. The van der Waals surface area contributed by atoms with E-state index < -0.39 is 5.97 Å². The minimum Gasteiger partial charge on any atom is -0.493 e. The van der Waals surface area contributed by atoms with Gasteiger partial charge in [0.25, 0.3) is 0 Å². The molecule has 0 saturated heterocycles. The number of carbonyl (C=O) groups is 1. The van der Waals surface area contributed by atoms with Crippen LogP contribution >= 0.6 is 27.5 Å². The Balaban J connectivity index is 1.70. The second-order valence-corrected chi connectivity index (χ2v) is 7.49. The molecule has 0 radical (unpaired) electrons. The van der Waals surface area contributed by atoms with Crippen LogP contribution in [0.15, 0.2) is 65.1 Å². The molecule has 0 aromatic heterocycles. The van der Waals surface area contributed by atoms with E-state index in [1.807, 2.05) is 36.4 Å². The number of ether oxygens (including phenoxy) is 2. The third kappa shape index (κ3) is 5.43. The molecule has 0 aliphatic heterocycles. The normalized spacial score (nSPS) is 10.4. The number of carboxylic acid groups (broad SMARTS) is 1. The highest BCUT2D eigenvalue weighted by molar-refractivity contribution is 9.10. The first-order valence-corrected chi connectivity index (χ1v) is 9.95. The third-order valence-corrected chi connectivity index (χ3v) is 5.21. The Morgan fingerprint density at radius 3 is 2.52 bits per heavy atom. The summed E-state index contributed by atoms with van der Waals surface area (Å²) < 4.78 is 12.2. The first kappa shape index (κ1) is 21.0. The molecule has 0 heterocycles. The van der Waals surface area contributed by atoms with Crippen LogP contribution in [0.25, 0.3) is 0 Å². The van der Waals surface area contributed by atoms with Gasteiger partial charge in [0, 0.05) is 22.8 Å². The minimum atomic E-state index is -0.947. The number of carboxylic acids is 1. The van der Waals surface area contributed by atoms with E-state index in [-0.39, 0.29) is 5.56 Å². The van der Waals surface area contributed by atoms with Gasteiger partial charge in [-0.1, -0.05) is 29.8 Å². The maximum absolute atomic E-state index is 10.9. The van der Waals surface area contributed by atoms with Crippen LogP contribution in [0.3, 0.4) is 0 Å². The van der Waals surface area contributed by atoms with Gasteiger partial charge in [0.1, 0.15) is 6.61 Å². The van der Waals surface area contributed by atoms with Gasteiger partial charge < -0.3 is 19.9 Å². The summed E-state index contributed by atoms with van der Waals surface area (Å²) in [6.07, 6.45) is 0. The lowest BCUT2D eigenvalue weighted by Gasteiger charge is -2.15. The average molecular weight is 477 g/mol. The van der Waals surface area contributed by atoms with Crippen LogP contribution in [-0.2, 0) is 13.2 Å². The molecule has 3 aromatic rings.